The van der Waals surface area contributed by atoms with Crippen LogP contribution in [0.1, 0.15) is 32.5 Å². The van der Waals surface area contributed by atoms with Gasteiger partial charge in [0.2, 0.25) is 5.91 Å². The van der Waals surface area contributed by atoms with Gasteiger partial charge in [-0.15, -0.1) is 5.10 Å². The van der Waals surface area contributed by atoms with Gasteiger partial charge in [0.05, 0.1) is 35.8 Å². The molecule has 146 valence electrons. The van der Waals surface area contributed by atoms with Crippen LogP contribution in [0.5, 0.6) is 0 Å². The summed E-state index contributed by atoms with van der Waals surface area (Å²) in [5.74, 6) is -1.12. The number of carbonyl (C=O) groups excluding carboxylic acids is 3. The maximum atomic E-state index is 12.5. The van der Waals surface area contributed by atoms with Gasteiger partial charge in [0.1, 0.15) is 18.8 Å². The maximum absolute atomic E-state index is 12.5. The molecule has 3 amide bonds. The molecule has 1 saturated heterocycles. The van der Waals surface area contributed by atoms with Gasteiger partial charge < -0.3 is 4.90 Å². The third-order valence-corrected chi connectivity index (χ3v) is 5.09. The van der Waals surface area contributed by atoms with Gasteiger partial charge in [0.25, 0.3) is 11.8 Å². The molecule has 2 aromatic heterocycles. The van der Waals surface area contributed by atoms with Gasteiger partial charge >= 0.3 is 0 Å². The summed E-state index contributed by atoms with van der Waals surface area (Å²) in [6.07, 6.45) is 4.99. The number of imide groups is 1. The molecule has 1 fully saturated rings. The zero-order valence-corrected chi connectivity index (χ0v) is 15.2. The largest absolute Gasteiger partial charge is 0.337 e. The fourth-order valence-electron chi connectivity index (χ4n) is 3.48. The van der Waals surface area contributed by atoms with Crippen LogP contribution in [-0.2, 0) is 11.3 Å². The molecule has 0 atom stereocenters. The van der Waals surface area contributed by atoms with Crippen LogP contribution in [0.25, 0.3) is 0 Å². The number of fused-ring (bicyclic) bond motifs is 1. The van der Waals surface area contributed by atoms with E-state index >= 15 is 0 Å². The fraction of sp³-hybridized carbons (Fsp3) is 0.278. The Morgan fingerprint density at radius 1 is 1.03 bits per heavy atom. The van der Waals surface area contributed by atoms with E-state index in [-0.39, 0.29) is 18.5 Å². The van der Waals surface area contributed by atoms with E-state index in [1.54, 1.807) is 52.4 Å². The topological polar surface area (TPSA) is 119 Å². The number of amides is 3. The Morgan fingerprint density at radius 2 is 1.69 bits per heavy atom. The third-order valence-electron chi connectivity index (χ3n) is 5.09. The van der Waals surface area contributed by atoms with E-state index in [1.807, 2.05) is 0 Å². The van der Waals surface area contributed by atoms with Crippen molar-refractivity contribution in [3.05, 3.63) is 59.7 Å². The first-order chi connectivity index (χ1) is 14.1. The fourth-order valence-corrected chi connectivity index (χ4v) is 3.48. The monoisotopic (exact) mass is 392 g/mol. The predicted octanol–water partition coefficient (Wildman–Crippen LogP) is -0.403. The molecule has 3 aromatic rings. The summed E-state index contributed by atoms with van der Waals surface area (Å²) in [5, 5.41) is 16.3. The summed E-state index contributed by atoms with van der Waals surface area (Å²) in [6, 6.07) is 6.60. The highest BCUT2D eigenvalue weighted by Gasteiger charge is 2.39. The molecule has 4 heterocycles. The molecule has 0 N–H and O–H groups in total. The van der Waals surface area contributed by atoms with Crippen LogP contribution in [0.2, 0.25) is 0 Å². The van der Waals surface area contributed by atoms with Crippen LogP contribution in [0.4, 0.5) is 0 Å². The second kappa shape index (κ2) is 6.62. The highest BCUT2D eigenvalue weighted by atomic mass is 16.2. The number of hydrogen-bond donors (Lipinski definition) is 0. The van der Waals surface area contributed by atoms with E-state index in [0.717, 1.165) is 10.6 Å². The smallest absolute Gasteiger partial charge is 0.262 e. The van der Waals surface area contributed by atoms with Gasteiger partial charge in [-0.25, -0.2) is 4.68 Å². The van der Waals surface area contributed by atoms with Crippen molar-refractivity contribution in [2.45, 2.75) is 12.6 Å². The predicted molar refractivity (Wildman–Crippen MR) is 96.6 cm³/mol. The molecule has 5 rings (SSSR count). The number of aromatic nitrogens is 6. The highest BCUT2D eigenvalue weighted by molar-refractivity contribution is 6.22. The molecular weight excluding hydrogens is 376 g/mol. The van der Waals surface area contributed by atoms with Crippen LogP contribution in [-0.4, -0.2) is 77.1 Å². The molecule has 2 aliphatic heterocycles. The SMILES string of the molecule is O=C(CN1C(=O)c2ccccc2C1=O)N1CC(n2cc(Cn3nccn3)nn2)C1. The molecule has 0 aliphatic carbocycles. The normalized spacial score (nSPS) is 16.3. The lowest BCUT2D eigenvalue weighted by molar-refractivity contribution is -0.137. The second-order valence-electron chi connectivity index (χ2n) is 6.94. The molecular formula is C18H16N8O3. The number of rotatable bonds is 5. The lowest BCUT2D eigenvalue weighted by Gasteiger charge is -2.39. The summed E-state index contributed by atoms with van der Waals surface area (Å²) < 4.78 is 1.71. The first-order valence-electron chi connectivity index (χ1n) is 9.08. The average Bonchev–Trinajstić information content (AvgIpc) is 3.40. The lowest BCUT2D eigenvalue weighted by Crippen LogP contribution is -2.54. The number of benzene rings is 1. The summed E-state index contributed by atoms with van der Waals surface area (Å²) in [4.78, 5) is 41.4. The van der Waals surface area contributed by atoms with Crippen molar-refractivity contribution >= 4 is 17.7 Å². The Labute approximate surface area is 164 Å². The molecule has 11 heteroatoms. The molecule has 29 heavy (non-hydrogen) atoms. The summed E-state index contributed by atoms with van der Waals surface area (Å²) in [5.41, 5.74) is 1.40. The molecule has 11 nitrogen and oxygen atoms in total. The minimum atomic E-state index is -0.427. The van der Waals surface area contributed by atoms with Crippen molar-refractivity contribution in [3.8, 4) is 0 Å². The molecule has 0 unspecified atom stereocenters. The van der Waals surface area contributed by atoms with Gasteiger partial charge in [-0.2, -0.15) is 15.0 Å². The van der Waals surface area contributed by atoms with Crippen LogP contribution in [0.15, 0.2) is 42.9 Å². The van der Waals surface area contributed by atoms with E-state index in [0.29, 0.717) is 30.8 Å². The van der Waals surface area contributed by atoms with Crippen molar-refractivity contribution < 1.29 is 14.4 Å². The van der Waals surface area contributed by atoms with Crippen LogP contribution in [0.3, 0.4) is 0 Å². The van der Waals surface area contributed by atoms with Crippen molar-refractivity contribution in [3.63, 3.8) is 0 Å². The molecule has 2 aliphatic rings. The molecule has 0 saturated carbocycles. The quantitative estimate of drug-likeness (QED) is 0.542. The van der Waals surface area contributed by atoms with Crippen LogP contribution in [0, 0.1) is 0 Å². The minimum Gasteiger partial charge on any atom is -0.337 e. The lowest BCUT2D eigenvalue weighted by atomic mass is 10.1. The molecule has 0 bridgehead atoms. The van der Waals surface area contributed by atoms with Gasteiger partial charge in [0, 0.05) is 13.1 Å². The van der Waals surface area contributed by atoms with Crippen molar-refractivity contribution in [1.29, 1.82) is 0 Å². The van der Waals surface area contributed by atoms with Crippen LogP contribution >= 0.6 is 0 Å². The van der Waals surface area contributed by atoms with E-state index in [2.05, 4.69) is 20.5 Å². The molecule has 0 spiro atoms. The van der Waals surface area contributed by atoms with E-state index in [4.69, 9.17) is 0 Å². The standard InChI is InChI=1S/C18H16N8O3/c27-16(11-24-17(28)14-3-1-2-4-15(14)18(24)29)23-9-13(10-23)25-7-12(21-22-25)8-26-19-5-6-20-26/h1-7,13H,8-11H2. The number of hydrogen-bond acceptors (Lipinski definition) is 7. The Bertz CT molecular complexity index is 1070. The zero-order valence-electron chi connectivity index (χ0n) is 15.2. The summed E-state index contributed by atoms with van der Waals surface area (Å²) in [7, 11) is 0. The Hall–Kier alpha value is -3.89. The number of nitrogens with zero attached hydrogens (tertiary/aromatic N) is 8. The second-order valence-corrected chi connectivity index (χ2v) is 6.94. The van der Waals surface area contributed by atoms with Crippen LogP contribution < -0.4 is 0 Å². The van der Waals surface area contributed by atoms with Crippen molar-refractivity contribution in [2.75, 3.05) is 19.6 Å². The zero-order chi connectivity index (χ0) is 20.0. The summed E-state index contributed by atoms with van der Waals surface area (Å²) >= 11 is 0. The summed E-state index contributed by atoms with van der Waals surface area (Å²) in [6.45, 7) is 1.06. The third kappa shape index (κ3) is 2.96. The maximum Gasteiger partial charge on any atom is 0.262 e. The van der Waals surface area contributed by atoms with E-state index in [9.17, 15) is 14.4 Å². The van der Waals surface area contributed by atoms with Crippen molar-refractivity contribution in [1.82, 2.24) is 39.8 Å². The number of carbonyl (C=O) groups is 3. The first kappa shape index (κ1) is 17.2. The first-order valence-corrected chi connectivity index (χ1v) is 9.08. The number of likely N-dealkylation sites (tertiary alicyclic amines) is 1. The molecule has 1 aromatic carbocycles. The Morgan fingerprint density at radius 3 is 2.34 bits per heavy atom. The van der Waals surface area contributed by atoms with Gasteiger partial charge in [-0.3, -0.25) is 19.3 Å². The van der Waals surface area contributed by atoms with Gasteiger partial charge in [-0.05, 0) is 12.1 Å². The van der Waals surface area contributed by atoms with E-state index in [1.165, 1.54) is 4.80 Å². The van der Waals surface area contributed by atoms with Gasteiger partial charge in [0.15, 0.2) is 0 Å². The average molecular weight is 392 g/mol. The Kier molecular flexibility index (Phi) is 3.93. The highest BCUT2D eigenvalue weighted by Crippen LogP contribution is 2.24. The molecule has 0 radical (unpaired) electrons. The Balaban J connectivity index is 1.18. The van der Waals surface area contributed by atoms with E-state index < -0.39 is 11.8 Å². The minimum absolute atomic E-state index is 0.00737. The van der Waals surface area contributed by atoms with Crippen molar-refractivity contribution in [2.24, 2.45) is 0 Å². The van der Waals surface area contributed by atoms with Gasteiger partial charge in [-0.1, -0.05) is 17.3 Å².